The van der Waals surface area contributed by atoms with Gasteiger partial charge in [0.2, 0.25) is 6.41 Å². The standard InChI is InChI=1S/C11H15NO3/c1-14-6-7-15-11-4-2-10(3-5-11)8-12-9-13/h2-5,9H,6-8H2,1H3,(H,12,13). The van der Waals surface area contributed by atoms with Crippen LogP contribution in [0.4, 0.5) is 0 Å². The number of amides is 1. The largest absolute Gasteiger partial charge is 0.491 e. The van der Waals surface area contributed by atoms with E-state index in [-0.39, 0.29) is 0 Å². The first-order valence-electron chi connectivity index (χ1n) is 4.74. The molecule has 0 radical (unpaired) electrons. The Morgan fingerprint density at radius 2 is 2.00 bits per heavy atom. The minimum Gasteiger partial charge on any atom is -0.491 e. The van der Waals surface area contributed by atoms with Crippen LogP contribution in [0.1, 0.15) is 5.56 Å². The third-order valence-electron chi connectivity index (χ3n) is 1.87. The first kappa shape index (κ1) is 11.5. The van der Waals surface area contributed by atoms with E-state index in [0.29, 0.717) is 26.2 Å². The van der Waals surface area contributed by atoms with Gasteiger partial charge in [0.15, 0.2) is 0 Å². The summed E-state index contributed by atoms with van der Waals surface area (Å²) in [5.74, 6) is 0.807. The number of hydrogen-bond acceptors (Lipinski definition) is 3. The van der Waals surface area contributed by atoms with Crippen LogP contribution >= 0.6 is 0 Å². The lowest BCUT2D eigenvalue weighted by molar-refractivity contribution is -0.109. The molecule has 0 fully saturated rings. The summed E-state index contributed by atoms with van der Waals surface area (Å²) >= 11 is 0. The maximum Gasteiger partial charge on any atom is 0.207 e. The molecule has 0 heterocycles. The number of hydrogen-bond donors (Lipinski definition) is 1. The second kappa shape index (κ2) is 6.84. The predicted molar refractivity (Wildman–Crippen MR) is 56.7 cm³/mol. The lowest BCUT2D eigenvalue weighted by Gasteiger charge is -2.06. The average Bonchev–Trinajstić information content (AvgIpc) is 2.28. The molecule has 1 rings (SSSR count). The van der Waals surface area contributed by atoms with Gasteiger partial charge in [-0.05, 0) is 17.7 Å². The Kier molecular flexibility index (Phi) is 5.25. The first-order valence-corrected chi connectivity index (χ1v) is 4.74. The van der Waals surface area contributed by atoms with Gasteiger partial charge in [0.05, 0.1) is 6.61 Å². The zero-order valence-corrected chi connectivity index (χ0v) is 8.73. The molecule has 0 atom stereocenters. The van der Waals surface area contributed by atoms with Crippen molar-refractivity contribution < 1.29 is 14.3 Å². The molecule has 0 spiro atoms. The molecular formula is C11H15NO3. The smallest absolute Gasteiger partial charge is 0.207 e. The van der Waals surface area contributed by atoms with Crippen LogP contribution in [0.5, 0.6) is 5.75 Å². The van der Waals surface area contributed by atoms with Crippen LogP contribution in [-0.2, 0) is 16.1 Å². The van der Waals surface area contributed by atoms with Crippen LogP contribution < -0.4 is 10.1 Å². The summed E-state index contributed by atoms with van der Waals surface area (Å²) in [5.41, 5.74) is 1.04. The molecule has 0 aliphatic carbocycles. The number of methoxy groups -OCH3 is 1. The molecule has 82 valence electrons. The monoisotopic (exact) mass is 209 g/mol. The molecule has 15 heavy (non-hydrogen) atoms. The first-order chi connectivity index (χ1) is 7.36. The van der Waals surface area contributed by atoms with Crippen LogP contribution in [0.2, 0.25) is 0 Å². The highest BCUT2D eigenvalue weighted by molar-refractivity contribution is 5.46. The lowest BCUT2D eigenvalue weighted by atomic mass is 10.2. The van der Waals surface area contributed by atoms with Crippen molar-refractivity contribution in [2.75, 3.05) is 20.3 Å². The summed E-state index contributed by atoms with van der Waals surface area (Å²) in [6.07, 6.45) is 0.684. The Labute approximate surface area is 89.2 Å². The summed E-state index contributed by atoms with van der Waals surface area (Å²) in [7, 11) is 1.64. The highest BCUT2D eigenvalue weighted by Gasteiger charge is 1.94. The zero-order valence-electron chi connectivity index (χ0n) is 8.73. The van der Waals surface area contributed by atoms with Gasteiger partial charge in [-0.15, -0.1) is 0 Å². The summed E-state index contributed by atoms with van der Waals surface area (Å²) in [4.78, 5) is 10.1. The normalized spacial score (nSPS) is 9.67. The molecule has 1 aromatic rings. The van der Waals surface area contributed by atoms with Crippen molar-refractivity contribution in [2.24, 2.45) is 0 Å². The van der Waals surface area contributed by atoms with Crippen molar-refractivity contribution in [1.82, 2.24) is 5.32 Å². The second-order valence-electron chi connectivity index (χ2n) is 2.98. The molecule has 0 saturated heterocycles. The van der Waals surface area contributed by atoms with Gasteiger partial charge in [0, 0.05) is 13.7 Å². The maximum atomic E-state index is 10.1. The van der Waals surface area contributed by atoms with Crippen molar-refractivity contribution >= 4 is 6.41 Å². The Bertz CT molecular complexity index is 284. The van der Waals surface area contributed by atoms with E-state index in [0.717, 1.165) is 11.3 Å². The second-order valence-corrected chi connectivity index (χ2v) is 2.98. The minimum absolute atomic E-state index is 0.544. The van der Waals surface area contributed by atoms with Crippen molar-refractivity contribution in [1.29, 1.82) is 0 Å². The quantitative estimate of drug-likeness (QED) is 0.537. The van der Waals surface area contributed by atoms with Crippen LogP contribution in [0, 0.1) is 0 Å². The SMILES string of the molecule is COCCOc1ccc(CNC=O)cc1. The molecular weight excluding hydrogens is 194 g/mol. The highest BCUT2D eigenvalue weighted by atomic mass is 16.5. The highest BCUT2D eigenvalue weighted by Crippen LogP contribution is 2.11. The van der Waals surface area contributed by atoms with Gasteiger partial charge < -0.3 is 14.8 Å². The summed E-state index contributed by atoms with van der Waals surface area (Å²) < 4.78 is 10.3. The fourth-order valence-corrected chi connectivity index (χ4v) is 1.11. The zero-order chi connectivity index (χ0) is 10.9. The number of carbonyl (C=O) groups is 1. The van der Waals surface area contributed by atoms with E-state index in [1.165, 1.54) is 0 Å². The molecule has 0 aliphatic heterocycles. The summed E-state index contributed by atoms with van der Waals surface area (Å²) in [6, 6.07) is 7.58. The number of ether oxygens (including phenoxy) is 2. The minimum atomic E-state index is 0.544. The molecule has 4 heteroatoms. The molecule has 0 aromatic heterocycles. The van der Waals surface area contributed by atoms with Crippen molar-refractivity contribution in [3.8, 4) is 5.75 Å². The Hall–Kier alpha value is -1.55. The van der Waals surface area contributed by atoms with E-state index in [2.05, 4.69) is 5.32 Å². The van der Waals surface area contributed by atoms with Gasteiger partial charge in [-0.2, -0.15) is 0 Å². The van der Waals surface area contributed by atoms with Gasteiger partial charge in [-0.25, -0.2) is 0 Å². The van der Waals surface area contributed by atoms with Gasteiger partial charge in [0.25, 0.3) is 0 Å². The van der Waals surface area contributed by atoms with Crippen LogP contribution in [-0.4, -0.2) is 26.7 Å². The molecule has 0 aliphatic rings. The van der Waals surface area contributed by atoms with E-state index in [4.69, 9.17) is 9.47 Å². The van der Waals surface area contributed by atoms with Crippen molar-refractivity contribution in [3.05, 3.63) is 29.8 Å². The Balaban J connectivity index is 2.38. The number of benzene rings is 1. The van der Waals surface area contributed by atoms with Gasteiger partial charge in [-0.3, -0.25) is 4.79 Å². The molecule has 1 amide bonds. The molecule has 0 saturated carbocycles. The van der Waals surface area contributed by atoms with Crippen LogP contribution in [0.25, 0.3) is 0 Å². The fraction of sp³-hybridized carbons (Fsp3) is 0.364. The third kappa shape index (κ3) is 4.46. The Morgan fingerprint density at radius 1 is 1.27 bits per heavy atom. The number of carbonyl (C=O) groups excluding carboxylic acids is 1. The Morgan fingerprint density at radius 3 is 2.60 bits per heavy atom. The van der Waals surface area contributed by atoms with E-state index in [1.807, 2.05) is 24.3 Å². The van der Waals surface area contributed by atoms with Crippen LogP contribution in [0.3, 0.4) is 0 Å². The molecule has 1 N–H and O–H groups in total. The maximum absolute atomic E-state index is 10.1. The van der Waals surface area contributed by atoms with Crippen molar-refractivity contribution in [2.45, 2.75) is 6.54 Å². The van der Waals surface area contributed by atoms with Gasteiger partial charge in [-0.1, -0.05) is 12.1 Å². The van der Waals surface area contributed by atoms with E-state index in [1.54, 1.807) is 7.11 Å². The van der Waals surface area contributed by atoms with Gasteiger partial charge >= 0.3 is 0 Å². The third-order valence-corrected chi connectivity index (χ3v) is 1.87. The van der Waals surface area contributed by atoms with Crippen LogP contribution in [0.15, 0.2) is 24.3 Å². The van der Waals surface area contributed by atoms with E-state index < -0.39 is 0 Å². The van der Waals surface area contributed by atoms with E-state index in [9.17, 15) is 4.79 Å². The molecule has 4 nitrogen and oxygen atoms in total. The summed E-state index contributed by atoms with van der Waals surface area (Å²) in [6.45, 7) is 1.67. The van der Waals surface area contributed by atoms with Crippen molar-refractivity contribution in [3.63, 3.8) is 0 Å². The molecule has 0 unspecified atom stereocenters. The predicted octanol–water partition coefficient (Wildman–Crippen LogP) is 0.958. The number of rotatable bonds is 7. The average molecular weight is 209 g/mol. The summed E-state index contributed by atoms with van der Waals surface area (Å²) in [5, 5.41) is 2.59. The number of nitrogens with one attached hydrogen (secondary N) is 1. The molecule has 1 aromatic carbocycles. The fourth-order valence-electron chi connectivity index (χ4n) is 1.11. The topological polar surface area (TPSA) is 47.6 Å². The van der Waals surface area contributed by atoms with E-state index >= 15 is 0 Å². The molecule has 0 bridgehead atoms. The lowest BCUT2D eigenvalue weighted by Crippen LogP contribution is -2.09. The van der Waals surface area contributed by atoms with Gasteiger partial charge in [0.1, 0.15) is 12.4 Å².